The van der Waals surface area contributed by atoms with Gasteiger partial charge >= 0.3 is 0 Å². The molecule has 0 bridgehead atoms. The molecular weight excluding hydrogens is 248 g/mol. The van der Waals surface area contributed by atoms with Crippen LogP contribution in [-0.2, 0) is 0 Å². The van der Waals surface area contributed by atoms with Gasteiger partial charge in [0.1, 0.15) is 4.88 Å². The van der Waals surface area contributed by atoms with E-state index in [1.807, 2.05) is 0 Å². The van der Waals surface area contributed by atoms with E-state index in [4.69, 9.17) is 5.73 Å². The average molecular weight is 268 g/mol. The summed E-state index contributed by atoms with van der Waals surface area (Å²) in [4.78, 5) is 18.8. The molecule has 1 atom stereocenters. The highest BCUT2D eigenvalue weighted by Crippen LogP contribution is 2.17. The number of aromatic nitrogens is 1. The molecule has 1 aromatic heterocycles. The summed E-state index contributed by atoms with van der Waals surface area (Å²) in [7, 11) is 0. The Kier molecular flexibility index (Phi) is 4.54. The Morgan fingerprint density at radius 2 is 2.50 bits per heavy atom. The fourth-order valence-electron chi connectivity index (χ4n) is 2.40. The van der Waals surface area contributed by atoms with Crippen LogP contribution in [0.25, 0.3) is 0 Å². The summed E-state index contributed by atoms with van der Waals surface area (Å²) in [5.41, 5.74) is 5.52. The van der Waals surface area contributed by atoms with Crippen molar-refractivity contribution in [1.29, 1.82) is 0 Å². The van der Waals surface area contributed by atoms with Gasteiger partial charge < -0.3 is 11.1 Å². The molecule has 2 rings (SSSR count). The Balaban J connectivity index is 1.85. The van der Waals surface area contributed by atoms with Gasteiger partial charge in [-0.05, 0) is 25.9 Å². The number of carbonyl (C=O) groups excluding carboxylic acids is 1. The topological polar surface area (TPSA) is 71.2 Å². The predicted molar refractivity (Wildman–Crippen MR) is 73.7 cm³/mol. The van der Waals surface area contributed by atoms with E-state index < -0.39 is 0 Å². The summed E-state index contributed by atoms with van der Waals surface area (Å²) < 4.78 is 0. The zero-order valence-electron chi connectivity index (χ0n) is 10.7. The van der Waals surface area contributed by atoms with Crippen LogP contribution < -0.4 is 11.1 Å². The van der Waals surface area contributed by atoms with Crippen LogP contribution in [0.5, 0.6) is 0 Å². The molecular formula is C12H20N4OS. The molecule has 1 aliphatic heterocycles. The number of amides is 1. The first-order valence-electron chi connectivity index (χ1n) is 6.44. The van der Waals surface area contributed by atoms with E-state index in [-0.39, 0.29) is 5.91 Å². The normalized spacial score (nSPS) is 20.8. The Morgan fingerprint density at radius 3 is 3.17 bits per heavy atom. The van der Waals surface area contributed by atoms with Gasteiger partial charge in [0, 0.05) is 12.6 Å². The molecule has 100 valence electrons. The van der Waals surface area contributed by atoms with Gasteiger partial charge in [-0.1, -0.05) is 24.7 Å². The maximum Gasteiger partial charge on any atom is 0.263 e. The van der Waals surface area contributed by atoms with Crippen molar-refractivity contribution in [2.24, 2.45) is 0 Å². The van der Waals surface area contributed by atoms with E-state index in [0.29, 0.717) is 22.6 Å². The minimum Gasteiger partial charge on any atom is -0.375 e. The van der Waals surface area contributed by atoms with Crippen LogP contribution in [0.3, 0.4) is 0 Å². The van der Waals surface area contributed by atoms with Gasteiger partial charge in [-0.2, -0.15) is 0 Å². The highest BCUT2D eigenvalue weighted by Gasteiger charge is 2.21. The molecule has 0 unspecified atom stereocenters. The maximum absolute atomic E-state index is 11.9. The van der Waals surface area contributed by atoms with Crippen molar-refractivity contribution in [2.75, 3.05) is 25.4 Å². The van der Waals surface area contributed by atoms with Gasteiger partial charge in [0.2, 0.25) is 0 Å². The molecule has 3 N–H and O–H groups in total. The monoisotopic (exact) mass is 268 g/mol. The number of hydrogen-bond donors (Lipinski definition) is 2. The van der Waals surface area contributed by atoms with Crippen LogP contribution in [0, 0.1) is 0 Å². The van der Waals surface area contributed by atoms with Gasteiger partial charge in [0.15, 0.2) is 5.13 Å². The molecule has 0 saturated carbocycles. The van der Waals surface area contributed by atoms with E-state index in [0.717, 1.165) is 13.1 Å². The fraction of sp³-hybridized carbons (Fsp3) is 0.667. The molecule has 1 saturated heterocycles. The van der Waals surface area contributed by atoms with E-state index in [2.05, 4.69) is 22.1 Å². The number of likely N-dealkylation sites (tertiary alicyclic amines) is 1. The number of nitrogens with two attached hydrogens (primary N) is 1. The first-order chi connectivity index (χ1) is 8.70. The summed E-state index contributed by atoms with van der Waals surface area (Å²) in [5.74, 6) is -0.0640. The summed E-state index contributed by atoms with van der Waals surface area (Å²) >= 11 is 1.23. The number of thiazole rings is 1. The molecule has 0 radical (unpaired) electrons. The molecule has 1 amide bonds. The number of hydrogen-bond acceptors (Lipinski definition) is 5. The lowest BCUT2D eigenvalue weighted by Crippen LogP contribution is -2.46. The third-order valence-corrected chi connectivity index (χ3v) is 4.23. The Hall–Kier alpha value is -1.14. The van der Waals surface area contributed by atoms with Gasteiger partial charge in [-0.15, -0.1) is 0 Å². The highest BCUT2D eigenvalue weighted by atomic mass is 32.1. The lowest BCUT2D eigenvalue weighted by atomic mass is 10.0. The Labute approximate surface area is 111 Å². The predicted octanol–water partition coefficient (Wildman–Crippen LogP) is 1.33. The molecule has 0 aliphatic carbocycles. The van der Waals surface area contributed by atoms with Crippen LogP contribution in [-0.4, -0.2) is 41.5 Å². The average Bonchev–Trinajstić information content (AvgIpc) is 2.83. The number of carbonyl (C=O) groups is 1. The lowest BCUT2D eigenvalue weighted by Gasteiger charge is -2.34. The number of likely N-dealkylation sites (N-methyl/N-ethyl adjacent to an activating group) is 1. The Bertz CT molecular complexity index is 407. The van der Waals surface area contributed by atoms with Gasteiger partial charge in [-0.3, -0.25) is 9.69 Å². The number of nitrogen functional groups attached to an aromatic ring is 1. The first-order valence-corrected chi connectivity index (χ1v) is 7.26. The van der Waals surface area contributed by atoms with Crippen molar-refractivity contribution in [2.45, 2.75) is 32.2 Å². The molecule has 2 heterocycles. The minimum atomic E-state index is -0.0640. The summed E-state index contributed by atoms with van der Waals surface area (Å²) in [6.07, 6.45) is 5.22. The van der Waals surface area contributed by atoms with Crippen LogP contribution >= 0.6 is 11.3 Å². The van der Waals surface area contributed by atoms with Crippen molar-refractivity contribution in [1.82, 2.24) is 15.2 Å². The van der Waals surface area contributed by atoms with Crippen molar-refractivity contribution in [3.8, 4) is 0 Å². The number of nitrogens with zero attached hydrogens (tertiary/aromatic N) is 2. The van der Waals surface area contributed by atoms with Crippen molar-refractivity contribution in [3.05, 3.63) is 11.1 Å². The molecule has 0 aromatic carbocycles. The summed E-state index contributed by atoms with van der Waals surface area (Å²) in [5, 5.41) is 3.42. The van der Waals surface area contributed by atoms with Crippen LogP contribution in [0.15, 0.2) is 6.20 Å². The highest BCUT2D eigenvalue weighted by molar-refractivity contribution is 7.17. The standard InChI is InChI=1S/C12H20N4OS/c1-2-16-6-4-3-5-9(16)7-14-11(17)10-8-15-12(13)18-10/h8-9H,2-7H2,1H3,(H2,13,15)(H,14,17)/t9-/m0/s1. The van der Waals surface area contributed by atoms with Gasteiger partial charge in [-0.25, -0.2) is 4.98 Å². The third kappa shape index (κ3) is 3.20. The van der Waals surface area contributed by atoms with Crippen molar-refractivity contribution >= 4 is 22.4 Å². The number of nitrogens with one attached hydrogen (secondary N) is 1. The quantitative estimate of drug-likeness (QED) is 0.864. The number of rotatable bonds is 4. The molecule has 18 heavy (non-hydrogen) atoms. The van der Waals surface area contributed by atoms with E-state index in [9.17, 15) is 4.79 Å². The van der Waals surface area contributed by atoms with Gasteiger partial charge in [0.05, 0.1) is 6.20 Å². The molecule has 1 fully saturated rings. The van der Waals surface area contributed by atoms with Crippen molar-refractivity contribution < 1.29 is 4.79 Å². The van der Waals surface area contributed by atoms with E-state index in [1.54, 1.807) is 0 Å². The zero-order chi connectivity index (χ0) is 13.0. The molecule has 1 aliphatic rings. The van der Waals surface area contributed by atoms with E-state index in [1.165, 1.54) is 36.8 Å². The third-order valence-electron chi connectivity index (χ3n) is 3.40. The van der Waals surface area contributed by atoms with Crippen LogP contribution in [0.1, 0.15) is 35.9 Å². The van der Waals surface area contributed by atoms with E-state index >= 15 is 0 Å². The summed E-state index contributed by atoms with van der Waals surface area (Å²) in [6, 6.07) is 0.470. The van der Waals surface area contributed by atoms with Crippen molar-refractivity contribution in [3.63, 3.8) is 0 Å². The molecule has 0 spiro atoms. The SMILES string of the molecule is CCN1CCCC[C@H]1CNC(=O)c1cnc(N)s1. The molecule has 5 nitrogen and oxygen atoms in total. The number of anilines is 1. The van der Waals surface area contributed by atoms with Crippen LogP contribution in [0.4, 0.5) is 5.13 Å². The fourth-order valence-corrected chi connectivity index (χ4v) is 3.00. The van der Waals surface area contributed by atoms with Gasteiger partial charge in [0.25, 0.3) is 5.91 Å². The molecule has 6 heteroatoms. The zero-order valence-corrected chi connectivity index (χ0v) is 11.5. The second-order valence-corrected chi connectivity index (χ2v) is 5.61. The van der Waals surface area contributed by atoms with Crippen LogP contribution in [0.2, 0.25) is 0 Å². The first kappa shape index (κ1) is 13.3. The minimum absolute atomic E-state index is 0.0640. The number of piperidine rings is 1. The molecule has 1 aromatic rings. The smallest absolute Gasteiger partial charge is 0.263 e. The maximum atomic E-state index is 11.9. The second-order valence-electron chi connectivity index (χ2n) is 4.55. The largest absolute Gasteiger partial charge is 0.375 e. The second kappa shape index (κ2) is 6.15. The Morgan fingerprint density at radius 1 is 1.67 bits per heavy atom. The summed E-state index contributed by atoms with van der Waals surface area (Å²) in [6.45, 7) is 5.08. The lowest BCUT2D eigenvalue weighted by molar-refractivity contribution is 0.0921.